The van der Waals surface area contributed by atoms with Crippen LogP contribution in [0.4, 0.5) is 0 Å². The van der Waals surface area contributed by atoms with Crippen molar-refractivity contribution in [3.8, 4) is 11.3 Å². The standard InChI is InChI=1S/C17H22N4O3S2/c1-25-15-5-3-14(4-6-15)16-7-8-17(22)21(18-16)13-19-9-11-20(12-10-19)26(2,23)24/h3-8H,9-13H2,1-2H3. The van der Waals surface area contributed by atoms with Gasteiger partial charge in [0.05, 0.1) is 18.6 Å². The molecule has 1 aliphatic rings. The van der Waals surface area contributed by atoms with Gasteiger partial charge in [-0.05, 0) is 24.5 Å². The quantitative estimate of drug-likeness (QED) is 0.709. The lowest BCUT2D eigenvalue weighted by Gasteiger charge is -2.33. The van der Waals surface area contributed by atoms with Crippen molar-refractivity contribution in [2.75, 3.05) is 38.7 Å². The van der Waals surface area contributed by atoms with Gasteiger partial charge >= 0.3 is 0 Å². The number of piperazine rings is 1. The Bertz CT molecular complexity index is 918. The van der Waals surface area contributed by atoms with Crippen molar-refractivity contribution in [3.05, 3.63) is 46.8 Å². The largest absolute Gasteiger partial charge is 0.282 e. The van der Waals surface area contributed by atoms with E-state index < -0.39 is 10.0 Å². The van der Waals surface area contributed by atoms with Crippen molar-refractivity contribution < 1.29 is 8.42 Å². The molecule has 2 heterocycles. The van der Waals surface area contributed by atoms with E-state index in [-0.39, 0.29) is 5.56 Å². The summed E-state index contributed by atoms with van der Waals surface area (Å²) in [6, 6.07) is 11.3. The maximum Gasteiger partial charge on any atom is 0.268 e. The van der Waals surface area contributed by atoms with Crippen LogP contribution in [-0.4, -0.2) is 66.1 Å². The maximum absolute atomic E-state index is 12.2. The first-order valence-electron chi connectivity index (χ1n) is 8.27. The molecule has 2 aromatic rings. The zero-order valence-electron chi connectivity index (χ0n) is 14.8. The summed E-state index contributed by atoms with van der Waals surface area (Å²) in [5, 5.41) is 4.48. The highest BCUT2D eigenvalue weighted by Gasteiger charge is 2.23. The average molecular weight is 395 g/mol. The Balaban J connectivity index is 1.73. The molecule has 3 rings (SSSR count). The topological polar surface area (TPSA) is 75.5 Å². The molecule has 1 aromatic heterocycles. The monoisotopic (exact) mass is 394 g/mol. The van der Waals surface area contributed by atoms with E-state index in [2.05, 4.69) is 5.10 Å². The molecule has 0 unspecified atom stereocenters. The molecule has 9 heteroatoms. The van der Waals surface area contributed by atoms with Gasteiger partial charge in [-0.2, -0.15) is 9.40 Å². The summed E-state index contributed by atoms with van der Waals surface area (Å²) in [6.07, 6.45) is 3.25. The van der Waals surface area contributed by atoms with Gasteiger partial charge in [0.2, 0.25) is 10.0 Å². The average Bonchev–Trinajstić information content (AvgIpc) is 2.63. The molecule has 26 heavy (non-hydrogen) atoms. The lowest BCUT2D eigenvalue weighted by atomic mass is 10.1. The normalized spacial score (nSPS) is 16.7. The molecule has 140 valence electrons. The van der Waals surface area contributed by atoms with E-state index in [0.717, 1.165) is 11.3 Å². The predicted molar refractivity (Wildman–Crippen MR) is 104 cm³/mol. The van der Waals surface area contributed by atoms with Crippen molar-refractivity contribution in [3.63, 3.8) is 0 Å². The van der Waals surface area contributed by atoms with E-state index in [1.807, 2.05) is 35.4 Å². The summed E-state index contributed by atoms with van der Waals surface area (Å²) in [5.74, 6) is 0. The number of aromatic nitrogens is 2. The second kappa shape index (κ2) is 7.91. The SMILES string of the molecule is CSc1ccc(-c2ccc(=O)n(CN3CCN(S(C)(=O)=O)CC3)n2)cc1. The third-order valence-electron chi connectivity index (χ3n) is 4.39. The third-order valence-corrected chi connectivity index (χ3v) is 6.43. The molecule has 1 fully saturated rings. The molecule has 0 amide bonds. The van der Waals surface area contributed by atoms with Crippen LogP contribution in [0.2, 0.25) is 0 Å². The highest BCUT2D eigenvalue weighted by atomic mass is 32.2. The highest BCUT2D eigenvalue weighted by molar-refractivity contribution is 7.98. The van der Waals surface area contributed by atoms with E-state index in [1.165, 1.54) is 26.2 Å². The Morgan fingerprint density at radius 3 is 2.27 bits per heavy atom. The summed E-state index contributed by atoms with van der Waals surface area (Å²) in [7, 11) is -3.16. The van der Waals surface area contributed by atoms with Crippen LogP contribution in [0.5, 0.6) is 0 Å². The summed E-state index contributed by atoms with van der Waals surface area (Å²) in [4.78, 5) is 15.4. The molecule has 0 spiro atoms. The van der Waals surface area contributed by atoms with Gasteiger partial charge in [-0.15, -0.1) is 11.8 Å². The molecular formula is C17H22N4O3S2. The Hall–Kier alpha value is -1.68. The number of sulfonamides is 1. The Morgan fingerprint density at radius 1 is 1.04 bits per heavy atom. The molecule has 1 aliphatic heterocycles. The molecular weight excluding hydrogens is 372 g/mol. The van der Waals surface area contributed by atoms with Gasteiger partial charge in [-0.3, -0.25) is 9.69 Å². The third kappa shape index (κ3) is 4.53. The number of rotatable bonds is 5. The van der Waals surface area contributed by atoms with Crippen molar-refractivity contribution >= 4 is 21.8 Å². The van der Waals surface area contributed by atoms with Gasteiger partial charge in [0.1, 0.15) is 0 Å². The molecule has 0 atom stereocenters. The van der Waals surface area contributed by atoms with Gasteiger partial charge in [0, 0.05) is 42.7 Å². The van der Waals surface area contributed by atoms with Crippen LogP contribution in [0.1, 0.15) is 0 Å². The molecule has 7 nitrogen and oxygen atoms in total. The van der Waals surface area contributed by atoms with Crippen molar-refractivity contribution in [1.29, 1.82) is 0 Å². The van der Waals surface area contributed by atoms with Crippen LogP contribution in [0.15, 0.2) is 46.1 Å². The number of hydrogen-bond donors (Lipinski definition) is 0. The molecule has 0 radical (unpaired) electrons. The van der Waals surface area contributed by atoms with Crippen molar-refractivity contribution in [2.45, 2.75) is 11.6 Å². The van der Waals surface area contributed by atoms with E-state index in [4.69, 9.17) is 0 Å². The fourth-order valence-corrected chi connectivity index (χ4v) is 4.09. The van der Waals surface area contributed by atoms with Crippen LogP contribution < -0.4 is 5.56 Å². The zero-order valence-corrected chi connectivity index (χ0v) is 16.5. The van der Waals surface area contributed by atoms with Crippen LogP contribution in [-0.2, 0) is 16.7 Å². The summed E-state index contributed by atoms with van der Waals surface area (Å²) in [6.45, 7) is 2.38. The first-order valence-corrected chi connectivity index (χ1v) is 11.3. The second-order valence-corrected chi connectivity index (χ2v) is 9.07. The van der Waals surface area contributed by atoms with Crippen LogP contribution in [0.25, 0.3) is 11.3 Å². The smallest absolute Gasteiger partial charge is 0.268 e. The van der Waals surface area contributed by atoms with Crippen molar-refractivity contribution in [2.24, 2.45) is 0 Å². The second-order valence-electron chi connectivity index (χ2n) is 6.21. The van der Waals surface area contributed by atoms with Gasteiger partial charge in [-0.25, -0.2) is 13.1 Å². The van der Waals surface area contributed by atoms with Gasteiger partial charge in [-0.1, -0.05) is 12.1 Å². The number of hydrogen-bond acceptors (Lipinski definition) is 6. The highest BCUT2D eigenvalue weighted by Crippen LogP contribution is 2.20. The summed E-state index contributed by atoms with van der Waals surface area (Å²) >= 11 is 1.67. The Kier molecular flexibility index (Phi) is 5.81. The minimum atomic E-state index is -3.16. The lowest BCUT2D eigenvalue weighted by Crippen LogP contribution is -2.49. The Morgan fingerprint density at radius 2 is 1.69 bits per heavy atom. The number of thioether (sulfide) groups is 1. The van der Waals surface area contributed by atoms with Gasteiger partial charge in [0.15, 0.2) is 0 Å². The van der Waals surface area contributed by atoms with Gasteiger partial charge < -0.3 is 0 Å². The first kappa shape index (κ1) is 19.1. The van der Waals surface area contributed by atoms with Crippen molar-refractivity contribution in [1.82, 2.24) is 19.0 Å². The fourth-order valence-electron chi connectivity index (χ4n) is 2.86. The maximum atomic E-state index is 12.2. The van der Waals surface area contributed by atoms with E-state index in [0.29, 0.717) is 32.8 Å². The predicted octanol–water partition coefficient (Wildman–Crippen LogP) is 1.17. The molecule has 0 aliphatic carbocycles. The minimum Gasteiger partial charge on any atom is -0.282 e. The molecule has 0 bridgehead atoms. The number of benzene rings is 1. The molecule has 1 saturated heterocycles. The van der Waals surface area contributed by atoms with Crippen LogP contribution in [0, 0.1) is 0 Å². The van der Waals surface area contributed by atoms with Crippen LogP contribution >= 0.6 is 11.8 Å². The number of nitrogens with zero attached hydrogens (tertiary/aromatic N) is 4. The summed E-state index contributed by atoms with van der Waals surface area (Å²) in [5.41, 5.74) is 1.53. The first-order chi connectivity index (χ1) is 12.4. The Labute approximate surface area is 157 Å². The van der Waals surface area contributed by atoms with Crippen LogP contribution in [0.3, 0.4) is 0 Å². The zero-order chi connectivity index (χ0) is 18.7. The van der Waals surface area contributed by atoms with E-state index in [9.17, 15) is 13.2 Å². The van der Waals surface area contributed by atoms with Gasteiger partial charge in [0.25, 0.3) is 5.56 Å². The minimum absolute atomic E-state index is 0.167. The fraction of sp³-hybridized carbons (Fsp3) is 0.412. The van der Waals surface area contributed by atoms with E-state index >= 15 is 0 Å². The van der Waals surface area contributed by atoms with E-state index in [1.54, 1.807) is 17.8 Å². The molecule has 0 saturated carbocycles. The molecule has 1 aromatic carbocycles. The molecule has 0 N–H and O–H groups in total. The summed E-state index contributed by atoms with van der Waals surface area (Å²) < 4.78 is 26.1. The lowest BCUT2D eigenvalue weighted by molar-refractivity contribution is 0.143.